The number of piperidine rings is 1. The Bertz CT molecular complexity index is 743. The Kier molecular flexibility index (Phi) is 5.15. The number of hydrogen-bond donors (Lipinski definition) is 1. The molecule has 0 atom stereocenters. The molecule has 1 N–H and O–H groups in total. The molecule has 0 spiro atoms. The van der Waals surface area contributed by atoms with E-state index in [1.807, 2.05) is 21.7 Å². The number of benzene rings is 1. The van der Waals surface area contributed by atoms with E-state index in [4.69, 9.17) is 0 Å². The lowest BCUT2D eigenvalue weighted by molar-refractivity contribution is -0.384. The topological polar surface area (TPSA) is 75.5 Å². The normalized spacial score (nSPS) is 15.3. The van der Waals surface area contributed by atoms with Gasteiger partial charge in [-0.05, 0) is 36.4 Å². The van der Waals surface area contributed by atoms with E-state index < -0.39 is 0 Å². The number of rotatable bonds is 4. The van der Waals surface area contributed by atoms with Crippen LogP contribution in [0.2, 0.25) is 0 Å². The van der Waals surface area contributed by atoms with Gasteiger partial charge in [-0.1, -0.05) is 15.9 Å². The maximum atomic E-state index is 12.1. The number of nitrogens with one attached hydrogen (secondary N) is 1. The van der Waals surface area contributed by atoms with Crippen molar-refractivity contribution in [1.29, 1.82) is 0 Å². The lowest BCUT2D eigenvalue weighted by atomic mass is 10.0. The zero-order valence-electron chi connectivity index (χ0n) is 12.8. The third kappa shape index (κ3) is 3.76. The van der Waals surface area contributed by atoms with Crippen LogP contribution in [-0.2, 0) is 0 Å². The molecule has 2 heterocycles. The van der Waals surface area contributed by atoms with Gasteiger partial charge in [-0.2, -0.15) is 11.3 Å². The van der Waals surface area contributed by atoms with Gasteiger partial charge in [0.25, 0.3) is 11.6 Å². The predicted molar refractivity (Wildman–Crippen MR) is 97.8 cm³/mol. The molecule has 1 aliphatic rings. The average molecular weight is 410 g/mol. The molecule has 1 aliphatic heterocycles. The minimum Gasteiger partial charge on any atom is -0.366 e. The first-order chi connectivity index (χ1) is 11.5. The Labute approximate surface area is 151 Å². The lowest BCUT2D eigenvalue weighted by Crippen LogP contribution is -2.44. The Morgan fingerprint density at radius 1 is 1.33 bits per heavy atom. The van der Waals surface area contributed by atoms with Crippen LogP contribution in [0.25, 0.3) is 0 Å². The molecule has 0 saturated carbocycles. The maximum Gasteiger partial charge on any atom is 0.293 e. The van der Waals surface area contributed by atoms with Crippen molar-refractivity contribution in [3.63, 3.8) is 0 Å². The van der Waals surface area contributed by atoms with Crippen LogP contribution in [-0.4, -0.2) is 30.0 Å². The van der Waals surface area contributed by atoms with Crippen LogP contribution in [0.1, 0.15) is 23.2 Å². The quantitative estimate of drug-likeness (QED) is 0.614. The summed E-state index contributed by atoms with van der Waals surface area (Å²) in [5, 5.41) is 18.0. The number of carbonyl (C=O) groups is 1. The van der Waals surface area contributed by atoms with Gasteiger partial charge < -0.3 is 10.2 Å². The SMILES string of the molecule is O=C(NC1CCN(c2ccc(Br)cc2[N+](=O)[O-])CC1)c1ccsc1. The molecular weight excluding hydrogens is 394 g/mol. The van der Waals surface area contributed by atoms with Gasteiger partial charge in [0.2, 0.25) is 0 Å². The number of carbonyl (C=O) groups excluding carboxylic acids is 1. The van der Waals surface area contributed by atoms with E-state index in [0.29, 0.717) is 28.8 Å². The van der Waals surface area contributed by atoms with Crippen molar-refractivity contribution in [2.45, 2.75) is 18.9 Å². The fourth-order valence-corrected chi connectivity index (χ4v) is 3.82. The molecule has 1 aromatic heterocycles. The number of nitro groups is 1. The van der Waals surface area contributed by atoms with E-state index >= 15 is 0 Å². The van der Waals surface area contributed by atoms with Gasteiger partial charge in [0, 0.05) is 40.6 Å². The summed E-state index contributed by atoms with van der Waals surface area (Å²) >= 11 is 4.77. The second-order valence-corrected chi connectivity index (χ2v) is 7.33. The summed E-state index contributed by atoms with van der Waals surface area (Å²) in [6, 6.07) is 7.02. The fourth-order valence-electron chi connectivity index (χ4n) is 2.84. The molecular formula is C16H16BrN3O3S. The Balaban J connectivity index is 1.63. The molecule has 1 saturated heterocycles. The summed E-state index contributed by atoms with van der Waals surface area (Å²) in [6.07, 6.45) is 1.53. The highest BCUT2D eigenvalue weighted by Gasteiger charge is 2.26. The van der Waals surface area contributed by atoms with Crippen molar-refractivity contribution in [2.75, 3.05) is 18.0 Å². The Morgan fingerprint density at radius 3 is 2.71 bits per heavy atom. The molecule has 3 rings (SSSR count). The summed E-state index contributed by atoms with van der Waals surface area (Å²) in [6.45, 7) is 1.36. The van der Waals surface area contributed by atoms with Gasteiger partial charge in [0.1, 0.15) is 5.69 Å². The van der Waals surface area contributed by atoms with E-state index in [1.165, 1.54) is 17.4 Å². The zero-order valence-corrected chi connectivity index (χ0v) is 15.2. The zero-order chi connectivity index (χ0) is 17.1. The van der Waals surface area contributed by atoms with Crippen LogP contribution in [0.15, 0.2) is 39.5 Å². The van der Waals surface area contributed by atoms with E-state index in [1.54, 1.807) is 12.1 Å². The molecule has 1 fully saturated rings. The highest BCUT2D eigenvalue weighted by Crippen LogP contribution is 2.32. The highest BCUT2D eigenvalue weighted by atomic mass is 79.9. The molecule has 6 nitrogen and oxygen atoms in total. The molecule has 1 aromatic carbocycles. The number of nitro benzene ring substituents is 1. The van der Waals surface area contributed by atoms with E-state index in [0.717, 1.165) is 12.8 Å². The average Bonchev–Trinajstić information content (AvgIpc) is 3.10. The maximum absolute atomic E-state index is 12.1. The van der Waals surface area contributed by atoms with Crippen molar-refractivity contribution < 1.29 is 9.72 Å². The molecule has 0 aliphatic carbocycles. The van der Waals surface area contributed by atoms with Gasteiger partial charge >= 0.3 is 0 Å². The number of hydrogen-bond acceptors (Lipinski definition) is 5. The second-order valence-electron chi connectivity index (χ2n) is 5.64. The van der Waals surface area contributed by atoms with Crippen LogP contribution >= 0.6 is 27.3 Å². The standard InChI is InChI=1S/C16H16BrN3O3S/c17-12-1-2-14(15(9-12)20(22)23)19-6-3-13(4-7-19)18-16(21)11-5-8-24-10-11/h1-2,5,8-10,13H,3-4,6-7H2,(H,18,21). The van der Waals surface area contributed by atoms with Crippen molar-refractivity contribution in [3.05, 3.63) is 55.2 Å². The molecule has 0 unspecified atom stereocenters. The number of amides is 1. The van der Waals surface area contributed by atoms with Crippen LogP contribution in [0.4, 0.5) is 11.4 Å². The van der Waals surface area contributed by atoms with Crippen molar-refractivity contribution in [3.8, 4) is 0 Å². The van der Waals surface area contributed by atoms with Crippen molar-refractivity contribution in [2.24, 2.45) is 0 Å². The van der Waals surface area contributed by atoms with Crippen LogP contribution in [0.3, 0.4) is 0 Å². The largest absolute Gasteiger partial charge is 0.366 e. The first-order valence-electron chi connectivity index (χ1n) is 7.56. The first kappa shape index (κ1) is 16.9. The minimum absolute atomic E-state index is 0.0516. The Hall–Kier alpha value is -1.93. The molecule has 24 heavy (non-hydrogen) atoms. The highest BCUT2D eigenvalue weighted by molar-refractivity contribution is 9.10. The summed E-state index contributed by atoms with van der Waals surface area (Å²) in [4.78, 5) is 25.0. The molecule has 2 aromatic rings. The minimum atomic E-state index is -0.357. The van der Waals surface area contributed by atoms with E-state index in [2.05, 4.69) is 21.2 Å². The molecule has 0 bridgehead atoms. The fraction of sp³-hybridized carbons (Fsp3) is 0.312. The lowest BCUT2D eigenvalue weighted by Gasteiger charge is -2.33. The van der Waals surface area contributed by atoms with E-state index in [9.17, 15) is 14.9 Å². The van der Waals surface area contributed by atoms with Gasteiger partial charge in [-0.15, -0.1) is 0 Å². The number of thiophene rings is 1. The van der Waals surface area contributed by atoms with E-state index in [-0.39, 0.29) is 22.6 Å². The van der Waals surface area contributed by atoms with Crippen molar-refractivity contribution >= 4 is 44.5 Å². The monoisotopic (exact) mass is 409 g/mol. The van der Waals surface area contributed by atoms with Gasteiger partial charge in [-0.25, -0.2) is 0 Å². The van der Waals surface area contributed by atoms with Crippen LogP contribution in [0, 0.1) is 10.1 Å². The third-order valence-corrected chi connectivity index (χ3v) is 5.26. The smallest absolute Gasteiger partial charge is 0.293 e. The summed E-state index contributed by atoms with van der Waals surface area (Å²) in [5.74, 6) is -0.0516. The second kappa shape index (κ2) is 7.31. The van der Waals surface area contributed by atoms with Crippen LogP contribution < -0.4 is 10.2 Å². The van der Waals surface area contributed by atoms with Crippen LogP contribution in [0.5, 0.6) is 0 Å². The summed E-state index contributed by atoms with van der Waals surface area (Å²) in [7, 11) is 0. The van der Waals surface area contributed by atoms with Gasteiger partial charge in [0.05, 0.1) is 4.92 Å². The van der Waals surface area contributed by atoms with Gasteiger partial charge in [0.15, 0.2) is 0 Å². The molecule has 8 heteroatoms. The molecule has 0 radical (unpaired) electrons. The number of anilines is 1. The molecule has 1 amide bonds. The predicted octanol–water partition coefficient (Wildman–Crippen LogP) is 3.82. The first-order valence-corrected chi connectivity index (χ1v) is 9.30. The number of halogens is 1. The summed E-state index contributed by atoms with van der Waals surface area (Å²) < 4.78 is 0.691. The van der Waals surface area contributed by atoms with Crippen molar-refractivity contribution in [1.82, 2.24) is 5.32 Å². The number of nitrogens with zero attached hydrogens (tertiary/aromatic N) is 2. The third-order valence-electron chi connectivity index (χ3n) is 4.09. The summed E-state index contributed by atoms with van der Waals surface area (Å²) in [5.41, 5.74) is 1.42. The Morgan fingerprint density at radius 2 is 2.08 bits per heavy atom. The van der Waals surface area contributed by atoms with Gasteiger partial charge in [-0.3, -0.25) is 14.9 Å². The molecule has 126 valence electrons.